The van der Waals surface area contributed by atoms with E-state index >= 15 is 0 Å². The molecule has 0 radical (unpaired) electrons. The fraction of sp³-hybridized carbons (Fsp3) is 0.429. The number of halogens is 1. The molecule has 25 heavy (non-hydrogen) atoms. The van der Waals surface area contributed by atoms with Crippen molar-refractivity contribution in [2.24, 2.45) is 17.8 Å². The van der Waals surface area contributed by atoms with Crippen molar-refractivity contribution in [3.63, 3.8) is 0 Å². The Morgan fingerprint density at radius 1 is 1.32 bits per heavy atom. The van der Waals surface area contributed by atoms with E-state index in [9.17, 15) is 9.18 Å². The van der Waals surface area contributed by atoms with Crippen LogP contribution in [0, 0.1) is 23.6 Å². The van der Waals surface area contributed by atoms with Gasteiger partial charge in [0.1, 0.15) is 5.82 Å². The van der Waals surface area contributed by atoms with Gasteiger partial charge < -0.3 is 4.74 Å². The number of rotatable bonds is 4. The molecular formula is C21H22FNO2. The number of aromatic nitrogens is 1. The van der Waals surface area contributed by atoms with Crippen LogP contribution in [0.25, 0.3) is 16.5 Å². The summed E-state index contributed by atoms with van der Waals surface area (Å²) < 4.78 is 18.8. The fourth-order valence-corrected chi connectivity index (χ4v) is 4.54. The maximum Gasteiger partial charge on any atom is 0.306 e. The van der Waals surface area contributed by atoms with Gasteiger partial charge in [0.25, 0.3) is 0 Å². The molecule has 0 saturated heterocycles. The molecule has 1 fully saturated rings. The van der Waals surface area contributed by atoms with E-state index in [0.717, 1.165) is 35.7 Å². The minimum absolute atomic E-state index is 0.0766. The number of pyridine rings is 1. The zero-order chi connectivity index (χ0) is 17.4. The summed E-state index contributed by atoms with van der Waals surface area (Å²) >= 11 is 0. The van der Waals surface area contributed by atoms with Gasteiger partial charge in [-0.2, -0.15) is 0 Å². The number of ether oxygens (including phenoxy) is 1. The second kappa shape index (κ2) is 6.58. The minimum atomic E-state index is -0.227. The van der Waals surface area contributed by atoms with E-state index in [2.05, 4.69) is 11.1 Å². The van der Waals surface area contributed by atoms with Gasteiger partial charge in [0, 0.05) is 18.0 Å². The van der Waals surface area contributed by atoms with Crippen molar-refractivity contribution in [2.45, 2.75) is 32.6 Å². The molecule has 2 aliphatic rings. The van der Waals surface area contributed by atoms with Crippen LogP contribution in [0.15, 0.2) is 36.5 Å². The van der Waals surface area contributed by atoms with Gasteiger partial charge >= 0.3 is 5.97 Å². The summed E-state index contributed by atoms with van der Waals surface area (Å²) in [7, 11) is 0. The Bertz CT molecular complexity index is 845. The summed E-state index contributed by atoms with van der Waals surface area (Å²) in [6.07, 6.45) is 7.79. The van der Waals surface area contributed by atoms with Gasteiger partial charge in [-0.05, 0) is 79.3 Å². The quantitative estimate of drug-likeness (QED) is 0.754. The zero-order valence-corrected chi connectivity index (χ0v) is 14.4. The number of carbonyl (C=O) groups is 1. The van der Waals surface area contributed by atoms with Crippen LogP contribution in [0.3, 0.4) is 0 Å². The molecule has 4 rings (SSSR count). The lowest BCUT2D eigenvalue weighted by molar-refractivity contribution is -0.144. The van der Waals surface area contributed by atoms with E-state index in [1.807, 2.05) is 13.0 Å². The number of nitrogens with zero attached hydrogens (tertiary/aromatic N) is 1. The molecule has 3 atom stereocenters. The second-order valence-electron chi connectivity index (χ2n) is 7.19. The summed E-state index contributed by atoms with van der Waals surface area (Å²) in [6, 6.07) is 6.76. The third-order valence-electron chi connectivity index (χ3n) is 5.55. The van der Waals surface area contributed by atoms with Gasteiger partial charge in [-0.3, -0.25) is 9.78 Å². The number of hydrogen-bond donors (Lipinski definition) is 0. The minimum Gasteiger partial charge on any atom is -0.466 e. The van der Waals surface area contributed by atoms with Crippen LogP contribution < -0.4 is 0 Å². The lowest BCUT2D eigenvalue weighted by Gasteiger charge is -2.12. The molecule has 2 aliphatic carbocycles. The number of benzene rings is 1. The standard InChI is InChI=1S/C21H22FNO2/c1-2-25-21(24)9-13-7-14-10-16(11-15(14)8-13)18-5-6-23-20-4-3-17(22)12-19(18)20/h3-6,10,12-15H,2,7-9,11H2,1H3/t13-,14-,15+/m0/s1. The summed E-state index contributed by atoms with van der Waals surface area (Å²) in [4.78, 5) is 16.0. The van der Waals surface area contributed by atoms with Crippen molar-refractivity contribution >= 4 is 22.4 Å². The predicted molar refractivity (Wildman–Crippen MR) is 95.2 cm³/mol. The Morgan fingerprint density at radius 2 is 2.20 bits per heavy atom. The molecule has 0 aliphatic heterocycles. The average molecular weight is 339 g/mol. The van der Waals surface area contributed by atoms with Gasteiger partial charge in [-0.1, -0.05) is 6.08 Å². The molecule has 2 aromatic rings. The summed E-state index contributed by atoms with van der Waals surface area (Å²) in [5.41, 5.74) is 3.22. The van der Waals surface area contributed by atoms with Crippen LogP contribution in [-0.2, 0) is 9.53 Å². The Hall–Kier alpha value is -2.23. The molecule has 1 aromatic heterocycles. The van der Waals surface area contributed by atoms with Crippen molar-refractivity contribution in [1.29, 1.82) is 0 Å². The van der Waals surface area contributed by atoms with Gasteiger partial charge in [-0.25, -0.2) is 4.39 Å². The third kappa shape index (κ3) is 3.17. The molecule has 0 unspecified atom stereocenters. The fourth-order valence-electron chi connectivity index (χ4n) is 4.54. The van der Waals surface area contributed by atoms with Gasteiger partial charge in [-0.15, -0.1) is 0 Å². The average Bonchev–Trinajstić information content (AvgIpc) is 3.12. The third-order valence-corrected chi connectivity index (χ3v) is 5.55. The number of fused-ring (bicyclic) bond motifs is 2. The molecular weight excluding hydrogens is 317 g/mol. The normalized spacial score (nSPS) is 25.0. The molecule has 0 spiro atoms. The van der Waals surface area contributed by atoms with Crippen molar-refractivity contribution in [2.75, 3.05) is 6.61 Å². The molecule has 1 aromatic carbocycles. The van der Waals surface area contributed by atoms with E-state index in [1.54, 1.807) is 18.3 Å². The van der Waals surface area contributed by atoms with Crippen LogP contribution in [0.2, 0.25) is 0 Å². The topological polar surface area (TPSA) is 39.2 Å². The number of carbonyl (C=O) groups excluding carboxylic acids is 1. The first-order valence-corrected chi connectivity index (χ1v) is 9.05. The van der Waals surface area contributed by atoms with E-state index in [1.165, 1.54) is 11.6 Å². The highest BCUT2D eigenvalue weighted by molar-refractivity contribution is 5.92. The summed E-state index contributed by atoms with van der Waals surface area (Å²) in [5, 5.41) is 0.886. The molecule has 0 N–H and O–H groups in total. The maximum atomic E-state index is 13.7. The molecule has 1 heterocycles. The molecule has 1 saturated carbocycles. The largest absolute Gasteiger partial charge is 0.466 e. The summed E-state index contributed by atoms with van der Waals surface area (Å²) in [6.45, 7) is 2.30. The first-order valence-electron chi connectivity index (χ1n) is 9.05. The lowest BCUT2D eigenvalue weighted by atomic mass is 9.94. The predicted octanol–water partition coefficient (Wildman–Crippen LogP) is 4.76. The highest BCUT2D eigenvalue weighted by atomic mass is 19.1. The zero-order valence-electron chi connectivity index (χ0n) is 14.4. The van der Waals surface area contributed by atoms with Gasteiger partial charge in [0.15, 0.2) is 0 Å². The van der Waals surface area contributed by atoms with Crippen LogP contribution in [0.1, 0.15) is 38.2 Å². The molecule has 0 bridgehead atoms. The highest BCUT2D eigenvalue weighted by Gasteiger charge is 2.38. The number of allylic oxidation sites excluding steroid dienone is 2. The molecule has 4 heteroatoms. The van der Waals surface area contributed by atoms with Crippen molar-refractivity contribution < 1.29 is 13.9 Å². The SMILES string of the molecule is CCOC(=O)C[C@@H]1C[C@@H]2CC(c3ccnc4ccc(F)cc34)=C[C@@H]2C1. The van der Waals surface area contributed by atoms with E-state index < -0.39 is 0 Å². The summed E-state index contributed by atoms with van der Waals surface area (Å²) in [5.74, 6) is 1.23. The van der Waals surface area contributed by atoms with Crippen LogP contribution in [0.5, 0.6) is 0 Å². The second-order valence-corrected chi connectivity index (χ2v) is 7.19. The van der Waals surface area contributed by atoms with Gasteiger partial charge in [0.2, 0.25) is 0 Å². The monoisotopic (exact) mass is 339 g/mol. The first-order chi connectivity index (χ1) is 12.1. The van der Waals surface area contributed by atoms with Crippen LogP contribution in [-0.4, -0.2) is 17.6 Å². The van der Waals surface area contributed by atoms with E-state index in [0.29, 0.717) is 30.8 Å². The van der Waals surface area contributed by atoms with E-state index in [-0.39, 0.29) is 11.8 Å². The first kappa shape index (κ1) is 16.2. The Morgan fingerprint density at radius 3 is 3.00 bits per heavy atom. The smallest absolute Gasteiger partial charge is 0.306 e. The highest BCUT2D eigenvalue weighted by Crippen LogP contribution is 2.49. The Kier molecular flexibility index (Phi) is 4.28. The van der Waals surface area contributed by atoms with Gasteiger partial charge in [0.05, 0.1) is 12.1 Å². The van der Waals surface area contributed by atoms with Crippen molar-refractivity contribution in [3.05, 3.63) is 47.9 Å². The molecule has 0 amide bonds. The van der Waals surface area contributed by atoms with Crippen molar-refractivity contribution in [3.8, 4) is 0 Å². The maximum absolute atomic E-state index is 13.7. The molecule has 3 nitrogen and oxygen atoms in total. The molecule has 130 valence electrons. The number of esters is 1. The lowest BCUT2D eigenvalue weighted by Crippen LogP contribution is -2.09. The number of hydrogen-bond acceptors (Lipinski definition) is 3. The van der Waals surface area contributed by atoms with Crippen LogP contribution >= 0.6 is 0 Å². The van der Waals surface area contributed by atoms with E-state index in [4.69, 9.17) is 4.74 Å². The Labute approximate surface area is 146 Å². The Balaban J connectivity index is 1.54. The van der Waals surface area contributed by atoms with Crippen molar-refractivity contribution in [1.82, 2.24) is 4.98 Å². The van der Waals surface area contributed by atoms with Crippen LogP contribution in [0.4, 0.5) is 4.39 Å².